The molecule has 1 fully saturated rings. The van der Waals surface area contributed by atoms with Gasteiger partial charge in [0.25, 0.3) is 0 Å². The van der Waals surface area contributed by atoms with Crippen molar-refractivity contribution in [3.63, 3.8) is 0 Å². The lowest BCUT2D eigenvalue weighted by molar-refractivity contribution is -0.132. The summed E-state index contributed by atoms with van der Waals surface area (Å²) in [5.74, 6) is -2.20. The Morgan fingerprint density at radius 3 is 2.50 bits per heavy atom. The molecule has 2 nitrogen and oxygen atoms in total. The fourth-order valence-electron chi connectivity index (χ4n) is 0.868. The van der Waals surface area contributed by atoms with Gasteiger partial charge in [0, 0.05) is 26.8 Å². The van der Waals surface area contributed by atoms with Crippen LogP contribution >= 0.6 is 0 Å². The third-order valence-electron chi connectivity index (χ3n) is 1.44. The highest BCUT2D eigenvalue weighted by atomic mass is 16.2. The number of rotatable bonds is 1. The van der Waals surface area contributed by atoms with Crippen molar-refractivity contribution in [3.8, 4) is 0 Å². The predicted octanol–water partition coefficient (Wildman–Crippen LogP) is 1.26. The van der Waals surface area contributed by atoms with Crippen molar-refractivity contribution in [1.82, 2.24) is 4.90 Å². The Hall–Kier alpha value is -0.530. The van der Waals surface area contributed by atoms with Crippen molar-refractivity contribution >= 4 is 5.91 Å². The van der Waals surface area contributed by atoms with Gasteiger partial charge in [-0.2, -0.15) is 0 Å². The Morgan fingerprint density at radius 2 is 2.10 bits per heavy atom. The number of hydrogen-bond acceptors (Lipinski definition) is 1. The summed E-state index contributed by atoms with van der Waals surface area (Å²) in [6.07, 6.45) is -4.99. The summed E-state index contributed by atoms with van der Waals surface area (Å²) in [6.45, 7) is 0. The summed E-state index contributed by atoms with van der Waals surface area (Å²) in [4.78, 5) is 12.9. The Balaban J connectivity index is 2.99. The minimum Gasteiger partial charge on any atom is -0.349 e. The standard InChI is InChI=1S/C8H15NO/c1-9(2)8(10)7-5-3-4-6-7/h7H,3-6H2,1-2H3/i3D2,4D2,7D. The smallest absolute Gasteiger partial charge is 0.225 e. The van der Waals surface area contributed by atoms with Crippen molar-refractivity contribution in [2.45, 2.75) is 25.6 Å². The zero-order chi connectivity index (χ0) is 12.1. The largest absolute Gasteiger partial charge is 0.349 e. The fourth-order valence-corrected chi connectivity index (χ4v) is 0.868. The lowest BCUT2D eigenvalue weighted by atomic mass is 10.1. The van der Waals surface area contributed by atoms with Gasteiger partial charge in [-0.3, -0.25) is 4.79 Å². The minimum atomic E-state index is -2.11. The molecule has 0 saturated heterocycles. The molecule has 0 aliphatic heterocycles. The van der Waals surface area contributed by atoms with Gasteiger partial charge < -0.3 is 4.90 Å². The van der Waals surface area contributed by atoms with Gasteiger partial charge in [-0.05, 0) is 12.8 Å². The molecule has 0 radical (unpaired) electrons. The molecule has 0 aromatic heterocycles. The molecule has 1 saturated carbocycles. The number of carbonyl (C=O) groups is 1. The first-order chi connectivity index (χ1) is 6.52. The van der Waals surface area contributed by atoms with E-state index in [0.29, 0.717) is 0 Å². The van der Waals surface area contributed by atoms with Crippen LogP contribution in [0.2, 0.25) is 0 Å². The first-order valence-corrected chi connectivity index (χ1v) is 3.24. The molecule has 0 spiro atoms. The van der Waals surface area contributed by atoms with Crippen LogP contribution in [-0.2, 0) is 4.79 Å². The lowest BCUT2D eigenvalue weighted by Crippen LogP contribution is -2.27. The van der Waals surface area contributed by atoms with E-state index < -0.39 is 24.5 Å². The maximum atomic E-state index is 11.6. The molecule has 2 heteroatoms. The summed E-state index contributed by atoms with van der Waals surface area (Å²) in [7, 11) is 2.98. The highest BCUT2D eigenvalue weighted by Gasteiger charge is 2.23. The third-order valence-corrected chi connectivity index (χ3v) is 1.44. The van der Waals surface area contributed by atoms with E-state index in [9.17, 15) is 4.79 Å². The van der Waals surface area contributed by atoms with Gasteiger partial charge in [-0.1, -0.05) is 12.7 Å². The second-order valence-electron chi connectivity index (χ2n) is 2.51. The van der Waals surface area contributed by atoms with Crippen LogP contribution in [0.25, 0.3) is 0 Å². The van der Waals surface area contributed by atoms with Crippen molar-refractivity contribution in [2.24, 2.45) is 5.89 Å². The Bertz CT molecular complexity index is 273. The predicted molar refractivity (Wildman–Crippen MR) is 40.7 cm³/mol. The molecule has 0 unspecified atom stereocenters. The van der Waals surface area contributed by atoms with Crippen LogP contribution < -0.4 is 0 Å². The maximum Gasteiger partial charge on any atom is 0.225 e. The quantitative estimate of drug-likeness (QED) is 0.545. The summed E-state index contributed by atoms with van der Waals surface area (Å²) < 4.78 is 37.8. The highest BCUT2D eigenvalue weighted by Crippen LogP contribution is 2.25. The molecule has 0 heterocycles. The van der Waals surface area contributed by atoms with Crippen LogP contribution in [-0.4, -0.2) is 24.9 Å². The van der Waals surface area contributed by atoms with E-state index in [4.69, 9.17) is 6.85 Å². The summed E-state index contributed by atoms with van der Waals surface area (Å²) in [5.41, 5.74) is 0. The second kappa shape index (κ2) is 3.04. The van der Waals surface area contributed by atoms with Crippen molar-refractivity contribution < 1.29 is 11.6 Å². The van der Waals surface area contributed by atoms with Crippen molar-refractivity contribution in [2.75, 3.05) is 14.1 Å². The molecule has 58 valence electrons. The van der Waals surface area contributed by atoms with Gasteiger partial charge in [0.15, 0.2) is 0 Å². The molecule has 1 aliphatic carbocycles. The molecule has 0 N–H and O–H groups in total. The Labute approximate surface area is 69.2 Å². The minimum absolute atomic E-state index is 0.385. The number of amides is 1. The van der Waals surface area contributed by atoms with Crippen LogP contribution in [0.1, 0.15) is 32.4 Å². The number of hydrogen-bond donors (Lipinski definition) is 0. The third kappa shape index (κ3) is 1.49. The van der Waals surface area contributed by atoms with Crippen LogP contribution in [0, 0.1) is 5.89 Å². The average molecular weight is 146 g/mol. The maximum absolute atomic E-state index is 11.6. The van der Waals surface area contributed by atoms with E-state index in [2.05, 4.69) is 0 Å². The molecule has 1 rings (SSSR count). The van der Waals surface area contributed by atoms with E-state index in [0.717, 1.165) is 0 Å². The van der Waals surface area contributed by atoms with E-state index in [1.165, 1.54) is 19.0 Å². The van der Waals surface area contributed by atoms with E-state index in [1.807, 2.05) is 0 Å². The van der Waals surface area contributed by atoms with Crippen LogP contribution in [0.4, 0.5) is 0 Å². The van der Waals surface area contributed by atoms with Crippen molar-refractivity contribution in [3.05, 3.63) is 0 Å². The first kappa shape index (κ1) is 3.24. The first-order valence-electron chi connectivity index (χ1n) is 5.74. The van der Waals surface area contributed by atoms with Crippen LogP contribution in [0.3, 0.4) is 0 Å². The molecule has 10 heavy (non-hydrogen) atoms. The average Bonchev–Trinajstić information content (AvgIpc) is 2.15. The molecule has 1 amide bonds. The topological polar surface area (TPSA) is 20.3 Å². The Morgan fingerprint density at radius 1 is 1.60 bits per heavy atom. The normalized spacial score (nSPS) is 40.0. The monoisotopic (exact) mass is 146 g/mol. The summed E-state index contributed by atoms with van der Waals surface area (Å²) in [6, 6.07) is 0. The molecule has 0 aromatic carbocycles. The highest BCUT2D eigenvalue weighted by molar-refractivity contribution is 5.78. The summed E-state index contributed by atoms with van der Waals surface area (Å²) in [5, 5.41) is 0. The lowest BCUT2D eigenvalue weighted by Gasteiger charge is -2.14. The van der Waals surface area contributed by atoms with Gasteiger partial charge >= 0.3 is 0 Å². The zero-order valence-electron chi connectivity index (χ0n) is 11.3. The molecule has 0 aromatic rings. The van der Waals surface area contributed by atoms with Crippen LogP contribution in [0.15, 0.2) is 0 Å². The van der Waals surface area contributed by atoms with Crippen LogP contribution in [0.5, 0.6) is 0 Å². The number of carbonyl (C=O) groups excluding carboxylic acids is 1. The Kier molecular flexibility index (Phi) is 0.986. The van der Waals surface area contributed by atoms with E-state index >= 15 is 0 Å². The van der Waals surface area contributed by atoms with Crippen molar-refractivity contribution in [1.29, 1.82) is 0 Å². The summed E-state index contributed by atoms with van der Waals surface area (Å²) >= 11 is 0. The van der Waals surface area contributed by atoms with E-state index in [1.54, 1.807) is 0 Å². The van der Waals surface area contributed by atoms with E-state index in [-0.39, 0.29) is 12.8 Å². The second-order valence-corrected chi connectivity index (χ2v) is 2.51. The molecular formula is C8H15NO. The van der Waals surface area contributed by atoms with Gasteiger partial charge in [0.1, 0.15) is 0 Å². The SMILES string of the molecule is [2H]C1(C(=O)N(C)C)CC([2H])([2H])C([2H])([2H])C1. The van der Waals surface area contributed by atoms with Gasteiger partial charge in [0.05, 0.1) is 0 Å². The van der Waals surface area contributed by atoms with Gasteiger partial charge in [0.2, 0.25) is 5.91 Å². The zero-order valence-corrected chi connectivity index (χ0v) is 6.27. The van der Waals surface area contributed by atoms with Gasteiger partial charge in [-0.15, -0.1) is 0 Å². The fraction of sp³-hybridized carbons (Fsp3) is 0.875. The molecule has 0 atom stereocenters. The number of nitrogens with zero attached hydrogens (tertiary/aromatic N) is 1. The molecule has 0 bridgehead atoms. The molecular weight excluding hydrogens is 126 g/mol. The van der Waals surface area contributed by atoms with Gasteiger partial charge in [-0.25, -0.2) is 0 Å². The molecule has 1 aliphatic rings.